The van der Waals surface area contributed by atoms with Crippen LogP contribution >= 0.6 is 15.9 Å². The molecule has 0 atom stereocenters. The number of carbonyl (C=O) groups is 1. The number of halogens is 1. The van der Waals surface area contributed by atoms with Crippen LogP contribution in [0.15, 0.2) is 39.4 Å². The minimum Gasteiger partial charge on any atom is -0.444 e. The molecular formula is C17H15BrN2O2. The van der Waals surface area contributed by atoms with E-state index >= 15 is 0 Å². The number of hydrogen-bond acceptors (Lipinski definition) is 2. The van der Waals surface area contributed by atoms with E-state index in [-0.39, 0.29) is 5.91 Å². The molecule has 0 bridgehead atoms. The lowest BCUT2D eigenvalue weighted by Crippen LogP contribution is -2.35. The van der Waals surface area contributed by atoms with Crippen LogP contribution in [0.5, 0.6) is 0 Å². The molecule has 1 N–H and O–H groups in total. The number of nitrogens with one attached hydrogen (secondary N) is 1. The van der Waals surface area contributed by atoms with Gasteiger partial charge in [-0.1, -0.05) is 11.6 Å². The van der Waals surface area contributed by atoms with E-state index in [9.17, 15) is 4.79 Å². The fraction of sp³-hybridized carbons (Fsp3) is 0.235. The van der Waals surface area contributed by atoms with Gasteiger partial charge in [0, 0.05) is 41.7 Å². The molecule has 112 valence electrons. The summed E-state index contributed by atoms with van der Waals surface area (Å²) in [5.74, 6) is 0.324. The molecule has 1 aliphatic rings. The van der Waals surface area contributed by atoms with E-state index in [2.05, 4.69) is 46.0 Å². The normalized spacial score (nSPS) is 14.4. The lowest BCUT2D eigenvalue weighted by molar-refractivity contribution is 0.0701. The van der Waals surface area contributed by atoms with Crippen LogP contribution in [0.25, 0.3) is 10.9 Å². The van der Waals surface area contributed by atoms with E-state index in [1.165, 1.54) is 22.2 Å². The van der Waals surface area contributed by atoms with Crippen molar-refractivity contribution in [2.45, 2.75) is 19.9 Å². The standard InChI is InChI=1S/C17H15BrN2O2/c1-10-2-3-13-11(8-10)12-9-20(7-6-14(12)19-13)17(21)15-4-5-16(18)22-15/h2-5,8,19H,6-7,9H2,1H3. The third-order valence-electron chi connectivity index (χ3n) is 4.20. The Morgan fingerprint density at radius 3 is 2.95 bits per heavy atom. The molecule has 5 heteroatoms. The van der Waals surface area contributed by atoms with Gasteiger partial charge in [-0.2, -0.15) is 0 Å². The number of aromatic amines is 1. The van der Waals surface area contributed by atoms with Crippen molar-refractivity contribution in [2.24, 2.45) is 0 Å². The maximum Gasteiger partial charge on any atom is 0.289 e. The van der Waals surface area contributed by atoms with Crippen molar-refractivity contribution in [3.8, 4) is 0 Å². The molecule has 0 spiro atoms. The van der Waals surface area contributed by atoms with Gasteiger partial charge in [0.1, 0.15) is 0 Å². The first kappa shape index (κ1) is 13.6. The van der Waals surface area contributed by atoms with Gasteiger partial charge < -0.3 is 14.3 Å². The quantitative estimate of drug-likeness (QED) is 0.713. The van der Waals surface area contributed by atoms with Gasteiger partial charge in [-0.25, -0.2) is 0 Å². The second-order valence-electron chi connectivity index (χ2n) is 5.71. The third-order valence-corrected chi connectivity index (χ3v) is 4.63. The van der Waals surface area contributed by atoms with Gasteiger partial charge in [0.25, 0.3) is 5.91 Å². The zero-order chi connectivity index (χ0) is 15.3. The maximum atomic E-state index is 12.5. The largest absolute Gasteiger partial charge is 0.444 e. The summed E-state index contributed by atoms with van der Waals surface area (Å²) in [7, 11) is 0. The lowest BCUT2D eigenvalue weighted by Gasteiger charge is -2.26. The molecular weight excluding hydrogens is 344 g/mol. The minimum absolute atomic E-state index is 0.0571. The predicted octanol–water partition coefficient (Wildman–Crippen LogP) is 4.03. The number of aromatic nitrogens is 1. The average Bonchev–Trinajstić information content (AvgIpc) is 3.09. The summed E-state index contributed by atoms with van der Waals surface area (Å²) in [5.41, 5.74) is 4.84. The number of amides is 1. The van der Waals surface area contributed by atoms with Crippen molar-refractivity contribution in [1.29, 1.82) is 0 Å². The summed E-state index contributed by atoms with van der Waals surface area (Å²) >= 11 is 3.24. The van der Waals surface area contributed by atoms with E-state index in [0.29, 0.717) is 23.5 Å². The Bertz CT molecular complexity index is 878. The van der Waals surface area contributed by atoms with Gasteiger partial charge in [0.05, 0.1) is 0 Å². The molecule has 4 nitrogen and oxygen atoms in total. The maximum absolute atomic E-state index is 12.5. The van der Waals surface area contributed by atoms with E-state index in [1.54, 1.807) is 12.1 Å². The Labute approximate surface area is 136 Å². The fourth-order valence-electron chi connectivity index (χ4n) is 3.09. The van der Waals surface area contributed by atoms with Crippen LogP contribution in [-0.4, -0.2) is 22.3 Å². The summed E-state index contributed by atoms with van der Waals surface area (Å²) in [6.07, 6.45) is 0.844. The second-order valence-corrected chi connectivity index (χ2v) is 6.49. The van der Waals surface area contributed by atoms with Crippen LogP contribution in [0.2, 0.25) is 0 Å². The second kappa shape index (κ2) is 5.02. The van der Waals surface area contributed by atoms with Crippen molar-refractivity contribution in [2.75, 3.05) is 6.54 Å². The number of benzene rings is 1. The van der Waals surface area contributed by atoms with Gasteiger partial charge in [-0.3, -0.25) is 4.79 Å². The van der Waals surface area contributed by atoms with Crippen LogP contribution < -0.4 is 0 Å². The SMILES string of the molecule is Cc1ccc2[nH]c3c(c2c1)CN(C(=O)c1ccc(Br)o1)CC3. The molecule has 1 amide bonds. The Morgan fingerprint density at radius 2 is 2.18 bits per heavy atom. The van der Waals surface area contributed by atoms with E-state index in [1.807, 2.05) is 4.90 Å². The van der Waals surface area contributed by atoms with E-state index in [4.69, 9.17) is 4.42 Å². The van der Waals surface area contributed by atoms with Crippen molar-refractivity contribution in [3.63, 3.8) is 0 Å². The number of carbonyl (C=O) groups excluding carboxylic acids is 1. The number of fused-ring (bicyclic) bond motifs is 3. The number of furan rings is 1. The summed E-state index contributed by atoms with van der Waals surface area (Å²) in [6, 6.07) is 9.85. The first-order valence-electron chi connectivity index (χ1n) is 7.26. The predicted molar refractivity (Wildman–Crippen MR) is 87.9 cm³/mol. The van der Waals surface area contributed by atoms with Crippen LogP contribution in [0.4, 0.5) is 0 Å². The van der Waals surface area contributed by atoms with Crippen LogP contribution in [0.1, 0.15) is 27.4 Å². The zero-order valence-corrected chi connectivity index (χ0v) is 13.7. The smallest absolute Gasteiger partial charge is 0.289 e. The molecule has 0 radical (unpaired) electrons. The van der Waals surface area contributed by atoms with Gasteiger partial charge in [-0.15, -0.1) is 0 Å². The van der Waals surface area contributed by atoms with Crippen LogP contribution in [0.3, 0.4) is 0 Å². The van der Waals surface area contributed by atoms with Crippen molar-refractivity contribution < 1.29 is 9.21 Å². The Kier molecular flexibility index (Phi) is 3.11. The highest BCUT2D eigenvalue weighted by atomic mass is 79.9. The summed E-state index contributed by atoms with van der Waals surface area (Å²) < 4.78 is 5.97. The monoisotopic (exact) mass is 358 g/mol. The number of H-pyrrole nitrogens is 1. The number of aryl methyl sites for hydroxylation is 1. The Balaban J connectivity index is 1.70. The molecule has 0 saturated carbocycles. The number of nitrogens with zero attached hydrogens (tertiary/aromatic N) is 1. The molecule has 1 aliphatic heterocycles. The summed E-state index contributed by atoms with van der Waals surface area (Å²) in [5, 5.41) is 1.22. The molecule has 0 aliphatic carbocycles. The lowest BCUT2D eigenvalue weighted by atomic mass is 10.0. The average molecular weight is 359 g/mol. The van der Waals surface area contributed by atoms with Gasteiger partial charge in [0.2, 0.25) is 0 Å². The fourth-order valence-corrected chi connectivity index (χ4v) is 3.39. The first-order chi connectivity index (χ1) is 10.6. The molecule has 2 aromatic heterocycles. The molecule has 0 unspecified atom stereocenters. The van der Waals surface area contributed by atoms with E-state index < -0.39 is 0 Å². The van der Waals surface area contributed by atoms with Crippen molar-refractivity contribution >= 4 is 32.7 Å². The molecule has 1 aromatic carbocycles. The molecule has 22 heavy (non-hydrogen) atoms. The summed E-state index contributed by atoms with van der Waals surface area (Å²) in [6.45, 7) is 3.41. The van der Waals surface area contributed by atoms with Gasteiger partial charge in [0.15, 0.2) is 10.4 Å². The number of rotatable bonds is 1. The highest BCUT2D eigenvalue weighted by Gasteiger charge is 2.26. The topological polar surface area (TPSA) is 49.2 Å². The summed E-state index contributed by atoms with van der Waals surface area (Å²) in [4.78, 5) is 17.9. The molecule has 0 saturated heterocycles. The minimum atomic E-state index is -0.0571. The van der Waals surface area contributed by atoms with E-state index in [0.717, 1.165) is 11.9 Å². The first-order valence-corrected chi connectivity index (χ1v) is 8.06. The van der Waals surface area contributed by atoms with Crippen LogP contribution in [0, 0.1) is 6.92 Å². The van der Waals surface area contributed by atoms with Gasteiger partial charge >= 0.3 is 0 Å². The third kappa shape index (κ3) is 2.16. The zero-order valence-electron chi connectivity index (χ0n) is 12.1. The highest BCUT2D eigenvalue weighted by Crippen LogP contribution is 2.29. The Hall–Kier alpha value is -2.01. The molecule has 4 rings (SSSR count). The number of hydrogen-bond donors (Lipinski definition) is 1. The van der Waals surface area contributed by atoms with Crippen molar-refractivity contribution in [3.05, 3.63) is 57.6 Å². The molecule has 3 aromatic rings. The molecule has 3 heterocycles. The highest BCUT2D eigenvalue weighted by molar-refractivity contribution is 9.10. The Morgan fingerprint density at radius 1 is 1.32 bits per heavy atom. The van der Waals surface area contributed by atoms with Gasteiger partial charge in [-0.05, 0) is 47.1 Å². The van der Waals surface area contributed by atoms with Crippen molar-refractivity contribution in [1.82, 2.24) is 9.88 Å². The van der Waals surface area contributed by atoms with Crippen LogP contribution in [-0.2, 0) is 13.0 Å². The molecule has 0 fully saturated rings.